The fourth-order valence-electron chi connectivity index (χ4n) is 1.89. The molecule has 2 aromatic carbocycles. The van der Waals surface area contributed by atoms with Gasteiger partial charge in [0.2, 0.25) is 0 Å². The van der Waals surface area contributed by atoms with Gasteiger partial charge in [0.1, 0.15) is 11.6 Å². The third-order valence-corrected chi connectivity index (χ3v) is 4.72. The van der Waals surface area contributed by atoms with E-state index in [0.717, 1.165) is 20.7 Å². The van der Waals surface area contributed by atoms with Gasteiger partial charge in [-0.3, -0.25) is 0 Å². The highest BCUT2D eigenvalue weighted by Crippen LogP contribution is 2.26. The molecule has 0 heterocycles. The van der Waals surface area contributed by atoms with Gasteiger partial charge in [-0.25, -0.2) is 4.39 Å². The van der Waals surface area contributed by atoms with E-state index in [-0.39, 0.29) is 5.82 Å². The lowest BCUT2D eigenvalue weighted by Gasteiger charge is -2.12. The minimum atomic E-state index is -0.458. The third kappa shape index (κ3) is 5.02. The molecule has 0 aromatic heterocycles. The van der Waals surface area contributed by atoms with Crippen LogP contribution < -0.4 is 4.74 Å². The van der Waals surface area contributed by atoms with Crippen LogP contribution in [0.25, 0.3) is 0 Å². The Balaban J connectivity index is 1.88. The maximum atomic E-state index is 12.8. The van der Waals surface area contributed by atoms with Gasteiger partial charge in [0, 0.05) is 10.6 Å². The highest BCUT2D eigenvalue weighted by atomic mass is 79.9. The van der Waals surface area contributed by atoms with Crippen molar-refractivity contribution in [2.45, 2.75) is 17.4 Å². The largest absolute Gasteiger partial charge is 0.496 e. The molecule has 2 aromatic rings. The molecule has 1 atom stereocenters. The molecule has 0 aliphatic carbocycles. The average molecular weight is 371 g/mol. The number of ether oxygens (including phenoxy) is 1. The van der Waals surface area contributed by atoms with Gasteiger partial charge in [0.15, 0.2) is 0 Å². The number of aliphatic hydroxyl groups is 1. The van der Waals surface area contributed by atoms with Crippen molar-refractivity contribution in [2.24, 2.45) is 0 Å². The van der Waals surface area contributed by atoms with Crippen LogP contribution in [0, 0.1) is 5.82 Å². The Morgan fingerprint density at radius 1 is 1.24 bits per heavy atom. The van der Waals surface area contributed by atoms with Crippen molar-refractivity contribution in [2.75, 3.05) is 12.9 Å². The number of halogens is 2. The second-order valence-corrected chi connectivity index (χ2v) is 6.54. The zero-order valence-electron chi connectivity index (χ0n) is 11.6. The Labute approximate surface area is 136 Å². The van der Waals surface area contributed by atoms with E-state index in [1.165, 1.54) is 23.9 Å². The van der Waals surface area contributed by atoms with E-state index in [9.17, 15) is 9.50 Å². The van der Waals surface area contributed by atoms with Gasteiger partial charge in [0.05, 0.1) is 17.7 Å². The summed E-state index contributed by atoms with van der Waals surface area (Å²) in [5.74, 6) is 1.09. The minimum absolute atomic E-state index is 0.247. The summed E-state index contributed by atoms with van der Waals surface area (Å²) in [5, 5.41) is 10.1. The molecule has 0 radical (unpaired) electrons. The number of hydrogen-bond donors (Lipinski definition) is 1. The molecule has 21 heavy (non-hydrogen) atoms. The van der Waals surface area contributed by atoms with Crippen molar-refractivity contribution < 1.29 is 14.2 Å². The minimum Gasteiger partial charge on any atom is -0.496 e. The molecule has 0 spiro atoms. The third-order valence-electron chi connectivity index (χ3n) is 2.94. The molecule has 2 rings (SSSR count). The average Bonchev–Trinajstić information content (AvgIpc) is 2.47. The first-order valence-corrected chi connectivity index (χ1v) is 8.25. The molecule has 1 unspecified atom stereocenters. The Hall–Kier alpha value is -1.04. The summed E-state index contributed by atoms with van der Waals surface area (Å²) in [5.41, 5.74) is 1.04. The van der Waals surface area contributed by atoms with Crippen molar-refractivity contribution in [1.29, 1.82) is 0 Å². The van der Waals surface area contributed by atoms with Crippen LogP contribution in [0.2, 0.25) is 0 Å². The maximum Gasteiger partial charge on any atom is 0.133 e. The second-order valence-electron chi connectivity index (χ2n) is 4.59. The van der Waals surface area contributed by atoms with Gasteiger partial charge < -0.3 is 9.84 Å². The summed E-state index contributed by atoms with van der Waals surface area (Å²) < 4.78 is 18.9. The van der Waals surface area contributed by atoms with Gasteiger partial charge in [-0.1, -0.05) is 6.07 Å². The lowest BCUT2D eigenvalue weighted by molar-refractivity contribution is 0.200. The van der Waals surface area contributed by atoms with Crippen molar-refractivity contribution >= 4 is 27.7 Å². The fourth-order valence-corrected chi connectivity index (χ4v) is 3.31. The van der Waals surface area contributed by atoms with Crippen molar-refractivity contribution in [1.82, 2.24) is 0 Å². The van der Waals surface area contributed by atoms with Crippen LogP contribution in [0.3, 0.4) is 0 Å². The number of methoxy groups -OCH3 is 1. The van der Waals surface area contributed by atoms with E-state index in [1.54, 1.807) is 19.2 Å². The summed E-state index contributed by atoms with van der Waals surface area (Å²) in [6.07, 6.45) is 0.108. The highest BCUT2D eigenvalue weighted by molar-refractivity contribution is 9.10. The molecule has 2 nitrogen and oxygen atoms in total. The molecule has 0 fully saturated rings. The number of benzene rings is 2. The Kier molecular flexibility index (Phi) is 6.08. The standard InChI is InChI=1S/C16H16BrFO2S/c1-20-16-7-2-11(9-15(16)17)8-13(19)10-21-14-5-3-12(18)4-6-14/h2-7,9,13,19H,8,10H2,1H3. The lowest BCUT2D eigenvalue weighted by Crippen LogP contribution is -2.13. The summed E-state index contributed by atoms with van der Waals surface area (Å²) in [4.78, 5) is 0.950. The van der Waals surface area contributed by atoms with Crippen molar-refractivity contribution in [3.8, 4) is 5.75 Å². The number of rotatable bonds is 6. The zero-order chi connectivity index (χ0) is 15.2. The van der Waals surface area contributed by atoms with Crippen molar-refractivity contribution in [3.63, 3.8) is 0 Å². The van der Waals surface area contributed by atoms with Gasteiger partial charge in [0.25, 0.3) is 0 Å². The van der Waals surface area contributed by atoms with E-state index in [4.69, 9.17) is 4.74 Å². The molecule has 5 heteroatoms. The molecule has 112 valence electrons. The molecule has 0 amide bonds. The first-order chi connectivity index (χ1) is 10.1. The predicted molar refractivity (Wildman–Crippen MR) is 87.5 cm³/mol. The van der Waals surface area contributed by atoms with Gasteiger partial charge in [-0.15, -0.1) is 11.8 Å². The topological polar surface area (TPSA) is 29.5 Å². The van der Waals surface area contributed by atoms with Gasteiger partial charge in [-0.05, 0) is 64.3 Å². The van der Waals surface area contributed by atoms with E-state index in [2.05, 4.69) is 15.9 Å². The molecular weight excluding hydrogens is 355 g/mol. The summed E-state index contributed by atoms with van der Waals surface area (Å²) in [6, 6.07) is 12.1. The summed E-state index contributed by atoms with van der Waals surface area (Å²) in [6.45, 7) is 0. The molecule has 1 N–H and O–H groups in total. The van der Waals surface area contributed by atoms with Crippen LogP contribution in [-0.4, -0.2) is 24.1 Å². The number of aliphatic hydroxyl groups excluding tert-OH is 1. The van der Waals surface area contributed by atoms with Crippen LogP contribution in [0.15, 0.2) is 51.8 Å². The van der Waals surface area contributed by atoms with E-state index in [0.29, 0.717) is 12.2 Å². The molecule has 0 saturated heterocycles. The Morgan fingerprint density at radius 2 is 1.95 bits per heavy atom. The Bertz CT molecular complexity index is 589. The summed E-state index contributed by atoms with van der Waals surface area (Å²) >= 11 is 4.95. The highest BCUT2D eigenvalue weighted by Gasteiger charge is 2.09. The predicted octanol–water partition coefficient (Wildman–Crippen LogP) is 4.29. The van der Waals surface area contributed by atoms with Gasteiger partial charge in [-0.2, -0.15) is 0 Å². The molecule has 0 saturated carbocycles. The van der Waals surface area contributed by atoms with Crippen LogP contribution in [-0.2, 0) is 6.42 Å². The van der Waals surface area contributed by atoms with E-state index in [1.807, 2.05) is 18.2 Å². The second kappa shape index (κ2) is 7.82. The van der Waals surface area contributed by atoms with Crippen LogP contribution in [0.5, 0.6) is 5.75 Å². The normalized spacial score (nSPS) is 12.2. The summed E-state index contributed by atoms with van der Waals surface area (Å²) in [7, 11) is 1.62. The quantitative estimate of drug-likeness (QED) is 0.769. The zero-order valence-corrected chi connectivity index (χ0v) is 14.0. The first-order valence-electron chi connectivity index (χ1n) is 6.47. The monoisotopic (exact) mass is 370 g/mol. The molecular formula is C16H16BrFO2S. The SMILES string of the molecule is COc1ccc(CC(O)CSc2ccc(F)cc2)cc1Br. The molecule has 0 aliphatic rings. The first kappa shape index (κ1) is 16.3. The Morgan fingerprint density at radius 3 is 2.57 bits per heavy atom. The van der Waals surface area contributed by atoms with E-state index >= 15 is 0 Å². The fraction of sp³-hybridized carbons (Fsp3) is 0.250. The molecule has 0 aliphatic heterocycles. The lowest BCUT2D eigenvalue weighted by atomic mass is 10.1. The van der Waals surface area contributed by atoms with E-state index < -0.39 is 6.10 Å². The van der Waals surface area contributed by atoms with Crippen LogP contribution >= 0.6 is 27.7 Å². The van der Waals surface area contributed by atoms with Gasteiger partial charge >= 0.3 is 0 Å². The number of hydrogen-bond acceptors (Lipinski definition) is 3. The van der Waals surface area contributed by atoms with Crippen LogP contribution in [0.1, 0.15) is 5.56 Å². The molecule has 0 bridgehead atoms. The smallest absolute Gasteiger partial charge is 0.133 e. The number of thioether (sulfide) groups is 1. The maximum absolute atomic E-state index is 12.8. The van der Waals surface area contributed by atoms with Crippen LogP contribution in [0.4, 0.5) is 4.39 Å². The van der Waals surface area contributed by atoms with Crippen molar-refractivity contribution in [3.05, 3.63) is 58.3 Å².